The summed E-state index contributed by atoms with van der Waals surface area (Å²) in [5.41, 5.74) is 7.10. The number of nitro groups is 1. The van der Waals surface area contributed by atoms with E-state index < -0.39 is 4.92 Å². The maximum atomic E-state index is 10.9. The quantitative estimate of drug-likeness (QED) is 0.493. The highest BCUT2D eigenvalue weighted by Crippen LogP contribution is 2.26. The average Bonchev–Trinajstić information content (AvgIpc) is 2.45. The number of anilines is 2. The minimum atomic E-state index is -0.396. The number of nitrogens with two attached hydrogens (primary N) is 1. The van der Waals surface area contributed by atoms with Gasteiger partial charge < -0.3 is 15.5 Å². The highest BCUT2D eigenvalue weighted by Gasteiger charge is 2.19. The van der Waals surface area contributed by atoms with Gasteiger partial charge in [0.1, 0.15) is 0 Å². The Labute approximate surface area is 125 Å². The van der Waals surface area contributed by atoms with Gasteiger partial charge in [-0.2, -0.15) is 0 Å². The first kappa shape index (κ1) is 15.5. The summed E-state index contributed by atoms with van der Waals surface area (Å²) in [5, 5.41) is 10.9. The fourth-order valence-electron chi connectivity index (χ4n) is 2.48. The van der Waals surface area contributed by atoms with E-state index in [4.69, 9.17) is 5.73 Å². The van der Waals surface area contributed by atoms with Crippen LogP contribution in [0.25, 0.3) is 0 Å². The number of hydrogen-bond donors (Lipinski definition) is 1. The van der Waals surface area contributed by atoms with Crippen LogP contribution in [0, 0.1) is 10.1 Å². The van der Waals surface area contributed by atoms with Crippen LogP contribution in [0.4, 0.5) is 17.1 Å². The van der Waals surface area contributed by atoms with Gasteiger partial charge in [-0.1, -0.05) is 0 Å². The Kier molecular flexibility index (Phi) is 4.98. The number of nitrogens with zero attached hydrogens (tertiary/aromatic N) is 4. The maximum Gasteiger partial charge on any atom is 0.273 e. The number of nitrogen functional groups attached to an aromatic ring is 1. The first-order valence-electron chi connectivity index (χ1n) is 7.12. The zero-order valence-electron chi connectivity index (χ0n) is 12.7. The van der Waals surface area contributed by atoms with Gasteiger partial charge in [0.2, 0.25) is 0 Å². The van der Waals surface area contributed by atoms with Gasteiger partial charge in [0.05, 0.1) is 4.92 Å². The Morgan fingerprint density at radius 1 is 1.24 bits per heavy atom. The monoisotopic (exact) mass is 293 g/mol. The lowest BCUT2D eigenvalue weighted by Gasteiger charge is -2.36. The van der Waals surface area contributed by atoms with Crippen molar-refractivity contribution in [1.29, 1.82) is 0 Å². The minimum Gasteiger partial charge on any atom is -0.398 e. The lowest BCUT2D eigenvalue weighted by Crippen LogP contribution is -2.48. The van der Waals surface area contributed by atoms with E-state index >= 15 is 0 Å². The molecule has 0 spiro atoms. The average molecular weight is 293 g/mol. The summed E-state index contributed by atoms with van der Waals surface area (Å²) in [6, 6.07) is 4.81. The molecule has 7 heteroatoms. The van der Waals surface area contributed by atoms with Crippen LogP contribution in [0.2, 0.25) is 0 Å². The van der Waals surface area contributed by atoms with Gasteiger partial charge in [-0.05, 0) is 20.2 Å². The third kappa shape index (κ3) is 4.30. The van der Waals surface area contributed by atoms with E-state index in [2.05, 4.69) is 28.8 Å². The first-order chi connectivity index (χ1) is 9.95. The van der Waals surface area contributed by atoms with Gasteiger partial charge >= 0.3 is 0 Å². The molecule has 21 heavy (non-hydrogen) atoms. The molecule has 0 aliphatic carbocycles. The van der Waals surface area contributed by atoms with E-state index in [0.29, 0.717) is 5.69 Å². The molecule has 1 aliphatic rings. The summed E-state index contributed by atoms with van der Waals surface area (Å²) in [6.07, 6.45) is 0. The van der Waals surface area contributed by atoms with E-state index in [0.717, 1.165) is 45.0 Å². The van der Waals surface area contributed by atoms with Crippen LogP contribution in [0.15, 0.2) is 18.2 Å². The second-order valence-electron chi connectivity index (χ2n) is 5.67. The van der Waals surface area contributed by atoms with E-state index in [1.165, 1.54) is 6.07 Å². The Bertz CT molecular complexity index is 498. The molecule has 7 nitrogen and oxygen atoms in total. The molecule has 0 aromatic heterocycles. The number of hydrogen-bond acceptors (Lipinski definition) is 6. The van der Waals surface area contributed by atoms with Crippen LogP contribution < -0.4 is 10.6 Å². The van der Waals surface area contributed by atoms with Crippen LogP contribution in [0.5, 0.6) is 0 Å². The zero-order valence-corrected chi connectivity index (χ0v) is 12.7. The van der Waals surface area contributed by atoms with E-state index in [-0.39, 0.29) is 5.69 Å². The largest absolute Gasteiger partial charge is 0.398 e. The van der Waals surface area contributed by atoms with Crippen molar-refractivity contribution in [2.75, 3.05) is 64.0 Å². The number of non-ortho nitro benzene ring substituents is 1. The van der Waals surface area contributed by atoms with E-state index in [9.17, 15) is 10.1 Å². The predicted molar refractivity (Wildman–Crippen MR) is 84.7 cm³/mol. The predicted octanol–water partition coefficient (Wildman–Crippen LogP) is 0.861. The van der Waals surface area contributed by atoms with Crippen LogP contribution in [0.3, 0.4) is 0 Å². The SMILES string of the molecule is CN(C)CCN1CCN(c2cc(N)cc([N+](=O)[O-])c2)CC1. The number of nitro benzene ring substituents is 1. The van der Waals surface area contributed by atoms with Gasteiger partial charge in [0.25, 0.3) is 5.69 Å². The molecule has 116 valence electrons. The number of piperazine rings is 1. The third-order valence-electron chi connectivity index (χ3n) is 3.74. The molecule has 2 N–H and O–H groups in total. The van der Waals surface area contributed by atoms with Crippen LogP contribution in [0.1, 0.15) is 0 Å². The Hall–Kier alpha value is -1.86. The maximum absolute atomic E-state index is 10.9. The molecule has 1 aromatic carbocycles. The zero-order chi connectivity index (χ0) is 15.4. The van der Waals surface area contributed by atoms with Crippen molar-refractivity contribution in [2.45, 2.75) is 0 Å². The number of likely N-dealkylation sites (N-methyl/N-ethyl adjacent to an activating group) is 1. The van der Waals surface area contributed by atoms with E-state index in [1.54, 1.807) is 6.07 Å². The van der Waals surface area contributed by atoms with Gasteiger partial charge in [-0.25, -0.2) is 0 Å². The molecule has 1 heterocycles. The summed E-state index contributed by atoms with van der Waals surface area (Å²) in [7, 11) is 4.14. The molecule has 1 aliphatic heterocycles. The van der Waals surface area contributed by atoms with Crippen LogP contribution in [-0.4, -0.2) is 68.1 Å². The van der Waals surface area contributed by atoms with Gasteiger partial charge in [-0.15, -0.1) is 0 Å². The van der Waals surface area contributed by atoms with Gasteiger partial charge in [0.15, 0.2) is 0 Å². The first-order valence-corrected chi connectivity index (χ1v) is 7.12. The molecule has 0 radical (unpaired) electrons. The molecule has 0 unspecified atom stereocenters. The highest BCUT2D eigenvalue weighted by atomic mass is 16.6. The van der Waals surface area contributed by atoms with Crippen molar-refractivity contribution < 1.29 is 4.92 Å². The molecule has 0 bridgehead atoms. The minimum absolute atomic E-state index is 0.0556. The van der Waals surface area contributed by atoms with Crippen molar-refractivity contribution in [3.8, 4) is 0 Å². The van der Waals surface area contributed by atoms with Crippen molar-refractivity contribution >= 4 is 17.1 Å². The lowest BCUT2D eigenvalue weighted by molar-refractivity contribution is -0.384. The topological polar surface area (TPSA) is 78.9 Å². The molecule has 1 fully saturated rings. The Morgan fingerprint density at radius 3 is 2.48 bits per heavy atom. The standard InChI is InChI=1S/C14H23N5O2/c1-16(2)3-4-17-5-7-18(8-6-17)13-9-12(15)10-14(11-13)19(20)21/h9-11H,3-8,15H2,1-2H3. The fourth-order valence-corrected chi connectivity index (χ4v) is 2.48. The van der Waals surface area contributed by atoms with Gasteiger partial charge in [0, 0.05) is 62.8 Å². The summed E-state index contributed by atoms with van der Waals surface area (Å²) < 4.78 is 0. The highest BCUT2D eigenvalue weighted by molar-refractivity contribution is 5.62. The van der Waals surface area contributed by atoms with Crippen molar-refractivity contribution in [3.05, 3.63) is 28.3 Å². The number of benzene rings is 1. The molecule has 0 saturated carbocycles. The van der Waals surface area contributed by atoms with Crippen molar-refractivity contribution in [1.82, 2.24) is 9.80 Å². The molecular formula is C14H23N5O2. The number of rotatable bonds is 5. The van der Waals surface area contributed by atoms with Gasteiger partial charge in [-0.3, -0.25) is 15.0 Å². The van der Waals surface area contributed by atoms with E-state index in [1.807, 2.05) is 6.07 Å². The van der Waals surface area contributed by atoms with Crippen LogP contribution >= 0.6 is 0 Å². The van der Waals surface area contributed by atoms with Crippen molar-refractivity contribution in [2.24, 2.45) is 0 Å². The summed E-state index contributed by atoms with van der Waals surface area (Å²) in [6.45, 7) is 5.77. The third-order valence-corrected chi connectivity index (χ3v) is 3.74. The molecule has 0 atom stereocenters. The summed E-state index contributed by atoms with van der Waals surface area (Å²) in [4.78, 5) is 17.3. The molecular weight excluding hydrogens is 270 g/mol. The molecule has 1 saturated heterocycles. The molecule has 0 amide bonds. The Balaban J connectivity index is 1.97. The summed E-state index contributed by atoms with van der Waals surface area (Å²) >= 11 is 0. The second kappa shape index (κ2) is 6.73. The van der Waals surface area contributed by atoms with Crippen LogP contribution in [-0.2, 0) is 0 Å². The fraction of sp³-hybridized carbons (Fsp3) is 0.571. The summed E-state index contributed by atoms with van der Waals surface area (Å²) in [5.74, 6) is 0. The second-order valence-corrected chi connectivity index (χ2v) is 5.67. The lowest BCUT2D eigenvalue weighted by atomic mass is 10.2. The smallest absolute Gasteiger partial charge is 0.273 e. The van der Waals surface area contributed by atoms with Crippen molar-refractivity contribution in [3.63, 3.8) is 0 Å². The molecule has 2 rings (SSSR count). The Morgan fingerprint density at radius 2 is 1.90 bits per heavy atom. The molecule has 1 aromatic rings. The normalized spacial score (nSPS) is 16.4.